The summed E-state index contributed by atoms with van der Waals surface area (Å²) in [6, 6.07) is 18.1. The largest absolute Gasteiger partial charge is 0.461 e. The lowest BCUT2D eigenvalue weighted by atomic mass is 9.94. The highest BCUT2D eigenvalue weighted by atomic mass is 32.1. The van der Waals surface area contributed by atoms with Gasteiger partial charge in [0, 0.05) is 34.4 Å². The van der Waals surface area contributed by atoms with Crippen LogP contribution in [-0.4, -0.2) is 27.3 Å². The molecule has 8 heteroatoms. The quantitative estimate of drug-likeness (QED) is 0.177. The molecule has 0 saturated heterocycles. The number of rotatable bonds is 8. The molecule has 2 heterocycles. The summed E-state index contributed by atoms with van der Waals surface area (Å²) in [6.07, 6.45) is 2.44. The third kappa shape index (κ3) is 5.44. The Balaban J connectivity index is 1.52. The van der Waals surface area contributed by atoms with Crippen LogP contribution in [0.25, 0.3) is 27.5 Å². The second kappa shape index (κ2) is 11.0. The van der Waals surface area contributed by atoms with Crippen LogP contribution in [0.4, 0.5) is 8.78 Å². The topological polar surface area (TPSA) is 57.0 Å². The molecule has 0 aliphatic heterocycles. The van der Waals surface area contributed by atoms with Crippen molar-refractivity contribution in [3.8, 4) is 27.5 Å². The van der Waals surface area contributed by atoms with E-state index in [0.717, 1.165) is 46.4 Å². The van der Waals surface area contributed by atoms with E-state index in [1.807, 2.05) is 48.0 Å². The molecule has 208 valence electrons. The van der Waals surface area contributed by atoms with Crippen molar-refractivity contribution in [3.05, 3.63) is 111 Å². The lowest BCUT2D eigenvalue weighted by Gasteiger charge is -2.10. The van der Waals surface area contributed by atoms with Gasteiger partial charge >= 0.3 is 5.97 Å². The fourth-order valence-electron chi connectivity index (χ4n) is 5.03. The van der Waals surface area contributed by atoms with E-state index in [9.17, 15) is 9.18 Å². The molecule has 2 aromatic heterocycles. The minimum atomic E-state index is -0.480. The molecule has 0 spiro atoms. The Labute approximate surface area is 241 Å². The summed E-state index contributed by atoms with van der Waals surface area (Å²) >= 11 is 1.32. The monoisotopic (exact) mass is 569 g/mol. The highest BCUT2D eigenvalue weighted by Gasteiger charge is 2.34. The van der Waals surface area contributed by atoms with Gasteiger partial charge in [0.1, 0.15) is 11.6 Å². The molecule has 3 aromatic carbocycles. The number of aromatic nitrogens is 3. The van der Waals surface area contributed by atoms with E-state index in [4.69, 9.17) is 9.84 Å². The van der Waals surface area contributed by atoms with Crippen molar-refractivity contribution in [1.29, 1.82) is 0 Å². The van der Waals surface area contributed by atoms with Crippen LogP contribution in [0.5, 0.6) is 0 Å². The van der Waals surface area contributed by atoms with E-state index < -0.39 is 5.97 Å². The molecule has 5 aromatic rings. The molecule has 1 aliphatic carbocycles. The Morgan fingerprint density at radius 2 is 1.76 bits per heavy atom. The van der Waals surface area contributed by atoms with Gasteiger partial charge in [-0.15, -0.1) is 11.3 Å². The Kier molecular flexibility index (Phi) is 7.26. The van der Waals surface area contributed by atoms with E-state index in [1.165, 1.54) is 17.4 Å². The summed E-state index contributed by atoms with van der Waals surface area (Å²) in [6.45, 7) is 5.75. The smallest absolute Gasteiger partial charge is 0.357 e. The van der Waals surface area contributed by atoms with E-state index in [1.54, 1.807) is 37.4 Å². The first-order chi connectivity index (χ1) is 19.8. The molecule has 0 atom stereocenters. The van der Waals surface area contributed by atoms with Gasteiger partial charge in [-0.05, 0) is 74.6 Å². The van der Waals surface area contributed by atoms with Gasteiger partial charge in [-0.25, -0.2) is 23.2 Å². The Bertz CT molecular complexity index is 1750. The van der Waals surface area contributed by atoms with Crippen LogP contribution in [0.1, 0.15) is 64.1 Å². The first kappa shape index (κ1) is 27.0. The maximum absolute atomic E-state index is 15.1. The number of hydrogen-bond donors (Lipinski definition) is 0. The zero-order valence-corrected chi connectivity index (χ0v) is 23.9. The van der Waals surface area contributed by atoms with Crippen molar-refractivity contribution in [3.63, 3.8) is 0 Å². The number of nitrogens with zero attached hydrogens (tertiary/aromatic N) is 3. The second-order valence-corrected chi connectivity index (χ2v) is 11.3. The van der Waals surface area contributed by atoms with Crippen LogP contribution < -0.4 is 0 Å². The predicted molar refractivity (Wildman–Crippen MR) is 157 cm³/mol. The first-order valence-electron chi connectivity index (χ1n) is 13.7. The van der Waals surface area contributed by atoms with Crippen LogP contribution in [0.2, 0.25) is 0 Å². The standard InChI is InChI=1S/C33H29F2N3O2S/c1-4-40-32(39)29-18-41-33(36-29)38-31(23-11-12-23)26(15-21-8-7-20(3)28(35)16-21)30(37-38)24-13-14-27(34)25(17-24)22-9-5-19(2)6-10-22/h5-10,13-14,16-18,23H,4,11-12,15H2,1-3H3. The van der Waals surface area contributed by atoms with Crippen molar-refractivity contribution in [2.24, 2.45) is 0 Å². The molecule has 1 saturated carbocycles. The fourth-order valence-corrected chi connectivity index (χ4v) is 5.79. The summed E-state index contributed by atoms with van der Waals surface area (Å²) in [5, 5.41) is 7.27. The van der Waals surface area contributed by atoms with Gasteiger partial charge in [0.2, 0.25) is 5.13 Å². The first-order valence-corrected chi connectivity index (χ1v) is 14.6. The highest BCUT2D eigenvalue weighted by molar-refractivity contribution is 7.12. The molecule has 0 unspecified atom stereocenters. The van der Waals surface area contributed by atoms with Gasteiger partial charge in [0.15, 0.2) is 5.69 Å². The van der Waals surface area contributed by atoms with Crippen LogP contribution in [-0.2, 0) is 11.2 Å². The number of esters is 1. The Hall–Kier alpha value is -4.17. The van der Waals surface area contributed by atoms with Crippen molar-refractivity contribution < 1.29 is 18.3 Å². The molecule has 5 nitrogen and oxygen atoms in total. The maximum atomic E-state index is 15.1. The summed E-state index contributed by atoms with van der Waals surface area (Å²) in [5.41, 5.74) is 7.38. The molecular weight excluding hydrogens is 540 g/mol. The van der Waals surface area contributed by atoms with Gasteiger partial charge in [0.05, 0.1) is 18.0 Å². The van der Waals surface area contributed by atoms with E-state index in [-0.39, 0.29) is 29.9 Å². The van der Waals surface area contributed by atoms with E-state index in [0.29, 0.717) is 28.4 Å². The van der Waals surface area contributed by atoms with Gasteiger partial charge in [0.25, 0.3) is 0 Å². The fraction of sp³-hybridized carbons (Fsp3) is 0.242. The average molecular weight is 570 g/mol. The van der Waals surface area contributed by atoms with Crippen molar-refractivity contribution in [2.45, 2.75) is 46.0 Å². The number of aryl methyl sites for hydroxylation is 2. The van der Waals surface area contributed by atoms with Crippen molar-refractivity contribution in [1.82, 2.24) is 14.8 Å². The Morgan fingerprint density at radius 3 is 2.46 bits per heavy atom. The van der Waals surface area contributed by atoms with E-state index in [2.05, 4.69) is 4.98 Å². The summed E-state index contributed by atoms with van der Waals surface area (Å²) in [7, 11) is 0. The number of ether oxygens (including phenoxy) is 1. The zero-order valence-electron chi connectivity index (χ0n) is 23.1. The predicted octanol–water partition coefficient (Wildman–Crippen LogP) is 8.20. The zero-order chi connectivity index (χ0) is 28.7. The number of carbonyl (C=O) groups is 1. The molecule has 1 fully saturated rings. The third-order valence-corrected chi connectivity index (χ3v) is 8.18. The van der Waals surface area contributed by atoms with Crippen LogP contribution in [0.15, 0.2) is 66.0 Å². The molecule has 6 rings (SSSR count). The lowest BCUT2D eigenvalue weighted by molar-refractivity contribution is 0.0520. The summed E-state index contributed by atoms with van der Waals surface area (Å²) in [4.78, 5) is 16.9. The van der Waals surface area contributed by atoms with Gasteiger partial charge in [-0.2, -0.15) is 5.10 Å². The Morgan fingerprint density at radius 1 is 1.00 bits per heavy atom. The number of carbonyl (C=O) groups excluding carboxylic acids is 1. The molecule has 41 heavy (non-hydrogen) atoms. The number of hydrogen-bond acceptors (Lipinski definition) is 5. The third-order valence-electron chi connectivity index (χ3n) is 7.36. The molecule has 0 amide bonds. The van der Waals surface area contributed by atoms with Crippen molar-refractivity contribution >= 4 is 17.3 Å². The molecular formula is C33H29F2N3O2S. The number of benzene rings is 3. The summed E-state index contributed by atoms with van der Waals surface area (Å²) < 4.78 is 36.7. The number of thiazole rings is 1. The SMILES string of the molecule is CCOC(=O)c1csc(-n2nc(-c3ccc(F)c(-c4ccc(C)cc4)c3)c(Cc3ccc(C)c(F)c3)c2C2CC2)n1. The van der Waals surface area contributed by atoms with Gasteiger partial charge in [-0.3, -0.25) is 0 Å². The van der Waals surface area contributed by atoms with Crippen LogP contribution >= 0.6 is 11.3 Å². The number of halogens is 2. The molecule has 0 N–H and O–H groups in total. The maximum Gasteiger partial charge on any atom is 0.357 e. The van der Waals surface area contributed by atoms with Crippen molar-refractivity contribution in [2.75, 3.05) is 6.61 Å². The lowest BCUT2D eigenvalue weighted by Crippen LogP contribution is -2.07. The molecule has 0 radical (unpaired) electrons. The highest BCUT2D eigenvalue weighted by Crippen LogP contribution is 2.46. The minimum absolute atomic E-state index is 0.233. The average Bonchev–Trinajstić information content (AvgIpc) is 3.55. The van der Waals surface area contributed by atoms with E-state index >= 15 is 4.39 Å². The van der Waals surface area contributed by atoms with Crippen LogP contribution in [0, 0.1) is 25.5 Å². The molecule has 0 bridgehead atoms. The molecule has 1 aliphatic rings. The van der Waals surface area contributed by atoms with Crippen LogP contribution in [0.3, 0.4) is 0 Å². The minimum Gasteiger partial charge on any atom is -0.461 e. The van der Waals surface area contributed by atoms with Gasteiger partial charge in [-0.1, -0.05) is 42.0 Å². The second-order valence-electron chi connectivity index (χ2n) is 10.5. The van der Waals surface area contributed by atoms with Gasteiger partial charge < -0.3 is 4.74 Å². The normalized spacial score (nSPS) is 13.0. The summed E-state index contributed by atoms with van der Waals surface area (Å²) in [5.74, 6) is -0.798.